The molecule has 2 aromatic heterocycles. The number of anilines is 2. The van der Waals surface area contributed by atoms with Crippen molar-refractivity contribution in [1.82, 2.24) is 14.9 Å². The Morgan fingerprint density at radius 3 is 2.73 bits per heavy atom. The summed E-state index contributed by atoms with van der Waals surface area (Å²) in [6.45, 7) is 6.76. The topological polar surface area (TPSA) is 85.8 Å². The summed E-state index contributed by atoms with van der Waals surface area (Å²) < 4.78 is 42.2. The van der Waals surface area contributed by atoms with E-state index in [0.717, 1.165) is 37.4 Å². The molecule has 37 heavy (non-hydrogen) atoms. The summed E-state index contributed by atoms with van der Waals surface area (Å²) >= 11 is -1.66. The second kappa shape index (κ2) is 11.6. The normalized spacial score (nSPS) is 19.1. The first-order valence-corrected chi connectivity index (χ1v) is 13.7. The van der Waals surface area contributed by atoms with Crippen molar-refractivity contribution in [3.63, 3.8) is 0 Å². The van der Waals surface area contributed by atoms with Crippen LogP contribution in [0.25, 0.3) is 11.3 Å². The smallest absolute Gasteiger partial charge is 0.273 e. The molecule has 5 rings (SSSR count). The number of nitrogens with zero attached hydrogens (tertiary/aromatic N) is 4. The molecule has 10 heteroatoms. The highest BCUT2D eigenvalue weighted by molar-refractivity contribution is 7.92. The van der Waals surface area contributed by atoms with E-state index in [-0.39, 0.29) is 11.7 Å². The van der Waals surface area contributed by atoms with Crippen molar-refractivity contribution >= 4 is 22.7 Å². The molecule has 0 aliphatic carbocycles. The summed E-state index contributed by atoms with van der Waals surface area (Å²) in [7, 11) is 1.50. The largest absolute Gasteiger partial charge is 0.588 e. The molecular formula is C27H32FN5O3S. The Labute approximate surface area is 220 Å². The van der Waals surface area contributed by atoms with Gasteiger partial charge in [-0.1, -0.05) is 6.07 Å². The average molecular weight is 526 g/mol. The lowest BCUT2D eigenvalue weighted by molar-refractivity contribution is 0.122. The van der Waals surface area contributed by atoms with Gasteiger partial charge >= 0.3 is 0 Å². The molecule has 1 N–H and O–H groups in total. The number of hydrogen-bond acceptors (Lipinski definition) is 8. The number of likely N-dealkylation sites (tertiary alicyclic amines) is 1. The van der Waals surface area contributed by atoms with Crippen LogP contribution in [0.1, 0.15) is 25.3 Å². The molecule has 196 valence electrons. The number of ether oxygens (including phenoxy) is 2. The van der Waals surface area contributed by atoms with E-state index >= 15 is 4.39 Å². The highest BCUT2D eigenvalue weighted by atomic mass is 32.2. The third kappa shape index (κ3) is 5.98. The number of benzene rings is 1. The second-order valence-corrected chi connectivity index (χ2v) is 10.6. The minimum atomic E-state index is -1.66. The van der Waals surface area contributed by atoms with E-state index < -0.39 is 11.4 Å². The lowest BCUT2D eigenvalue weighted by atomic mass is 10.1. The molecule has 0 amide bonds. The van der Waals surface area contributed by atoms with Crippen LogP contribution >= 0.6 is 0 Å². The third-order valence-corrected chi connectivity index (χ3v) is 8.04. The van der Waals surface area contributed by atoms with Crippen LogP contribution in [-0.2, 0) is 22.6 Å². The van der Waals surface area contributed by atoms with Crippen LogP contribution < -0.4 is 14.4 Å². The number of pyridine rings is 2. The number of morpholine rings is 1. The van der Waals surface area contributed by atoms with Gasteiger partial charge in [-0.2, -0.15) is 0 Å². The van der Waals surface area contributed by atoms with Gasteiger partial charge in [0.15, 0.2) is 0 Å². The molecule has 3 aromatic rings. The number of halogens is 1. The van der Waals surface area contributed by atoms with E-state index in [1.807, 2.05) is 12.1 Å². The molecule has 2 aliphatic heterocycles. The Morgan fingerprint density at radius 2 is 2.00 bits per heavy atom. The average Bonchev–Trinajstić information content (AvgIpc) is 3.33. The quantitative estimate of drug-likeness (QED) is 0.437. The van der Waals surface area contributed by atoms with Crippen LogP contribution in [0.5, 0.6) is 5.88 Å². The van der Waals surface area contributed by atoms with Crippen molar-refractivity contribution in [2.24, 2.45) is 0 Å². The maximum Gasteiger partial charge on any atom is 0.273 e. The summed E-state index contributed by atoms with van der Waals surface area (Å²) in [6, 6.07) is 11.1. The molecule has 2 aliphatic rings. The first-order valence-electron chi connectivity index (χ1n) is 12.6. The first-order chi connectivity index (χ1) is 18.0. The van der Waals surface area contributed by atoms with E-state index in [1.165, 1.54) is 20.0 Å². The van der Waals surface area contributed by atoms with Crippen LogP contribution in [0.2, 0.25) is 0 Å². The van der Waals surface area contributed by atoms with Crippen molar-refractivity contribution in [3.8, 4) is 17.1 Å². The van der Waals surface area contributed by atoms with Crippen LogP contribution in [0.4, 0.5) is 15.8 Å². The van der Waals surface area contributed by atoms with Crippen LogP contribution in [0, 0.1) is 5.82 Å². The van der Waals surface area contributed by atoms with Crippen molar-refractivity contribution in [3.05, 3.63) is 60.2 Å². The van der Waals surface area contributed by atoms with Gasteiger partial charge in [0.25, 0.3) is 5.88 Å². The van der Waals surface area contributed by atoms with Crippen LogP contribution in [0.3, 0.4) is 0 Å². The number of rotatable bonds is 8. The van der Waals surface area contributed by atoms with Gasteiger partial charge in [-0.3, -0.25) is 9.88 Å². The van der Waals surface area contributed by atoms with E-state index in [9.17, 15) is 4.55 Å². The predicted molar refractivity (Wildman–Crippen MR) is 143 cm³/mol. The summed E-state index contributed by atoms with van der Waals surface area (Å²) in [6.07, 6.45) is 5.66. The molecule has 0 saturated carbocycles. The highest BCUT2D eigenvalue weighted by Crippen LogP contribution is 2.30. The Balaban J connectivity index is 1.32. The first kappa shape index (κ1) is 25.7. The second-order valence-electron chi connectivity index (χ2n) is 9.38. The minimum absolute atomic E-state index is 0.283. The molecule has 0 spiro atoms. The fourth-order valence-electron chi connectivity index (χ4n) is 4.83. The molecule has 2 atom stereocenters. The molecule has 8 nitrogen and oxygen atoms in total. The Morgan fingerprint density at radius 1 is 1.16 bits per heavy atom. The SMILES string of the molecule is COc1ncc(N2CCOCC2)cc1[S+]([O-])Nc1ccnc(-c2ccc(CN3CCCC3C)cc2F)c1. The van der Waals surface area contributed by atoms with Gasteiger partial charge in [0.2, 0.25) is 4.90 Å². The van der Waals surface area contributed by atoms with Gasteiger partial charge in [-0.15, -0.1) is 0 Å². The third-order valence-electron chi connectivity index (χ3n) is 6.93. The zero-order valence-corrected chi connectivity index (χ0v) is 22.0. The summed E-state index contributed by atoms with van der Waals surface area (Å²) in [5.41, 5.74) is 3.23. The molecule has 2 unspecified atom stereocenters. The Hall–Kier alpha value is -2.92. The Kier molecular flexibility index (Phi) is 8.09. The maximum absolute atomic E-state index is 15.1. The lowest BCUT2D eigenvalue weighted by Crippen LogP contribution is -2.36. The van der Waals surface area contributed by atoms with Crippen molar-refractivity contribution in [1.29, 1.82) is 0 Å². The highest BCUT2D eigenvalue weighted by Gasteiger charge is 2.24. The predicted octanol–water partition coefficient (Wildman–Crippen LogP) is 4.25. The number of methoxy groups -OCH3 is 1. The van der Waals surface area contributed by atoms with Gasteiger partial charge in [0.05, 0.1) is 43.6 Å². The van der Waals surface area contributed by atoms with Gasteiger partial charge in [-0.25, -0.2) is 14.1 Å². The molecule has 0 radical (unpaired) electrons. The zero-order chi connectivity index (χ0) is 25.8. The van der Waals surface area contributed by atoms with Gasteiger partial charge in [0, 0.05) is 43.5 Å². The number of hydrogen-bond donors (Lipinski definition) is 1. The number of nitrogens with one attached hydrogen (secondary N) is 1. The summed E-state index contributed by atoms with van der Waals surface area (Å²) in [4.78, 5) is 13.7. The minimum Gasteiger partial charge on any atom is -0.588 e. The molecule has 1 aromatic carbocycles. The molecule has 2 saturated heterocycles. The maximum atomic E-state index is 15.1. The van der Waals surface area contributed by atoms with Gasteiger partial charge in [0.1, 0.15) is 17.2 Å². The lowest BCUT2D eigenvalue weighted by Gasteiger charge is -2.28. The molecule has 2 fully saturated rings. The van der Waals surface area contributed by atoms with E-state index in [1.54, 1.807) is 36.7 Å². The van der Waals surface area contributed by atoms with Crippen LogP contribution in [-0.4, -0.2) is 65.4 Å². The molecule has 4 heterocycles. The van der Waals surface area contributed by atoms with E-state index in [2.05, 4.69) is 31.4 Å². The fourth-order valence-corrected chi connectivity index (χ4v) is 5.81. The van der Waals surface area contributed by atoms with Gasteiger partial charge in [-0.05, 0) is 56.1 Å². The monoisotopic (exact) mass is 525 g/mol. The zero-order valence-electron chi connectivity index (χ0n) is 21.2. The van der Waals surface area contributed by atoms with Crippen molar-refractivity contribution in [2.75, 3.05) is 49.6 Å². The fraction of sp³-hybridized carbons (Fsp3) is 0.407. The Bertz CT molecular complexity index is 1230. The van der Waals surface area contributed by atoms with Crippen molar-refractivity contribution < 1.29 is 18.4 Å². The van der Waals surface area contributed by atoms with Crippen molar-refractivity contribution in [2.45, 2.75) is 37.2 Å². The van der Waals surface area contributed by atoms with Crippen LogP contribution in [0.15, 0.2) is 53.7 Å². The summed E-state index contributed by atoms with van der Waals surface area (Å²) in [5.74, 6) is -0.0368. The van der Waals surface area contributed by atoms with E-state index in [0.29, 0.717) is 41.1 Å². The van der Waals surface area contributed by atoms with E-state index in [4.69, 9.17) is 9.47 Å². The standard InChI is InChI=1S/C27H32FN5O3S/c1-19-4-3-9-33(19)18-20-5-6-23(24(28)14-20)25-15-21(7-8-29-25)31-37(34)26-16-22(17-30-27(26)35-2)32-10-12-36-13-11-32/h5-8,14-17,19H,3-4,9-13,18H2,1-2H3,(H,29,31). The molecular weight excluding hydrogens is 493 g/mol. The van der Waals surface area contributed by atoms with Gasteiger partial charge < -0.3 is 18.9 Å². The molecule has 0 bridgehead atoms. The number of aromatic nitrogens is 2. The summed E-state index contributed by atoms with van der Waals surface area (Å²) in [5, 5.41) is 0.